The first-order valence-electron chi connectivity index (χ1n) is 8.75. The molecule has 1 amide bonds. The Kier molecular flexibility index (Phi) is 5.06. The van der Waals surface area contributed by atoms with Gasteiger partial charge in [0.15, 0.2) is 0 Å². The molecule has 6 nitrogen and oxygen atoms in total. The number of hydrogen-bond acceptors (Lipinski definition) is 4. The Morgan fingerprint density at radius 2 is 1.60 bits per heavy atom. The van der Waals surface area contributed by atoms with Crippen molar-refractivity contribution in [1.29, 1.82) is 0 Å². The van der Waals surface area contributed by atoms with Gasteiger partial charge in [-0.3, -0.25) is 4.79 Å². The Morgan fingerprint density at radius 3 is 2.20 bits per heavy atom. The molecule has 2 saturated heterocycles. The van der Waals surface area contributed by atoms with Gasteiger partial charge in [-0.25, -0.2) is 8.42 Å². The van der Waals surface area contributed by atoms with Crippen LogP contribution in [0, 0.1) is 5.41 Å². The third-order valence-corrected chi connectivity index (χ3v) is 7.67. The predicted molar refractivity (Wildman–Crippen MR) is 94.9 cm³/mol. The van der Waals surface area contributed by atoms with E-state index in [2.05, 4.69) is 0 Å². The van der Waals surface area contributed by atoms with Gasteiger partial charge in [-0.2, -0.15) is 4.31 Å². The zero-order valence-electron chi connectivity index (χ0n) is 14.9. The second kappa shape index (κ2) is 6.96. The lowest BCUT2D eigenvalue weighted by atomic mass is 9.73. The minimum Gasteiger partial charge on any atom is -0.497 e. The molecule has 2 aliphatic heterocycles. The summed E-state index contributed by atoms with van der Waals surface area (Å²) in [4.78, 5) is 14.0. The van der Waals surface area contributed by atoms with Crippen LogP contribution in [0.4, 0.5) is 0 Å². The van der Waals surface area contributed by atoms with Crippen molar-refractivity contribution in [1.82, 2.24) is 9.21 Å². The maximum Gasteiger partial charge on any atom is 0.243 e. The molecule has 2 heterocycles. The largest absolute Gasteiger partial charge is 0.497 e. The quantitative estimate of drug-likeness (QED) is 0.822. The highest BCUT2D eigenvalue weighted by atomic mass is 32.2. The van der Waals surface area contributed by atoms with E-state index in [9.17, 15) is 13.2 Å². The molecule has 0 atom stereocenters. The van der Waals surface area contributed by atoms with Crippen molar-refractivity contribution in [2.45, 2.75) is 37.0 Å². The van der Waals surface area contributed by atoms with Crippen molar-refractivity contribution in [3.8, 4) is 5.75 Å². The molecular formula is C18H26N2O4S. The zero-order chi connectivity index (χ0) is 18.1. The third kappa shape index (κ3) is 3.67. The number of sulfonamides is 1. The number of rotatable bonds is 3. The Morgan fingerprint density at radius 1 is 1.00 bits per heavy atom. The van der Waals surface area contributed by atoms with Gasteiger partial charge in [0.1, 0.15) is 5.75 Å². The Bertz CT molecular complexity index is 722. The summed E-state index contributed by atoms with van der Waals surface area (Å²) in [5.41, 5.74) is 0.104. The lowest BCUT2D eigenvalue weighted by Gasteiger charge is -2.40. The summed E-state index contributed by atoms with van der Waals surface area (Å²) in [5.74, 6) is 0.842. The second-order valence-corrected chi connectivity index (χ2v) is 9.08. The molecule has 1 aromatic rings. The molecule has 0 saturated carbocycles. The summed E-state index contributed by atoms with van der Waals surface area (Å²) in [6, 6.07) is 6.53. The molecule has 0 unspecified atom stereocenters. The van der Waals surface area contributed by atoms with Gasteiger partial charge in [-0.1, -0.05) is 0 Å². The molecule has 2 aliphatic rings. The van der Waals surface area contributed by atoms with Crippen molar-refractivity contribution >= 4 is 15.9 Å². The number of likely N-dealkylation sites (tertiary alicyclic amines) is 1. The zero-order valence-corrected chi connectivity index (χ0v) is 15.7. The maximum atomic E-state index is 12.9. The van der Waals surface area contributed by atoms with Crippen LogP contribution in [0.1, 0.15) is 32.1 Å². The first-order valence-corrected chi connectivity index (χ1v) is 10.2. The molecular weight excluding hydrogens is 340 g/mol. The fourth-order valence-electron chi connectivity index (χ4n) is 3.82. The molecule has 138 valence electrons. The average molecular weight is 366 g/mol. The highest BCUT2D eigenvalue weighted by Crippen LogP contribution is 2.42. The molecule has 7 heteroatoms. The van der Waals surface area contributed by atoms with Crippen LogP contribution in [0.3, 0.4) is 0 Å². The minimum atomic E-state index is -3.47. The van der Waals surface area contributed by atoms with E-state index in [1.165, 1.54) is 0 Å². The first kappa shape index (κ1) is 18.2. The SMILES string of the molecule is COc1ccc(S(=O)(=O)N2CCC3(CCC(=O)N(C)CC3)CC2)cc1. The Balaban J connectivity index is 1.69. The van der Waals surface area contributed by atoms with Gasteiger partial charge in [-0.05, 0) is 55.4 Å². The molecule has 0 bridgehead atoms. The molecule has 0 N–H and O–H groups in total. The van der Waals surface area contributed by atoms with Gasteiger partial charge >= 0.3 is 0 Å². The van der Waals surface area contributed by atoms with E-state index in [0.29, 0.717) is 30.2 Å². The van der Waals surface area contributed by atoms with Gasteiger partial charge in [0.05, 0.1) is 12.0 Å². The minimum absolute atomic E-state index is 0.104. The number of carbonyl (C=O) groups is 1. The summed E-state index contributed by atoms with van der Waals surface area (Å²) < 4.78 is 32.4. The topological polar surface area (TPSA) is 66.9 Å². The number of piperidine rings is 1. The van der Waals surface area contributed by atoms with Crippen LogP contribution in [-0.2, 0) is 14.8 Å². The van der Waals surface area contributed by atoms with Crippen molar-refractivity contribution in [2.75, 3.05) is 33.8 Å². The Labute approximate surface area is 149 Å². The number of nitrogens with zero attached hydrogens (tertiary/aromatic N) is 2. The molecule has 1 spiro atoms. The van der Waals surface area contributed by atoms with Crippen LogP contribution in [0.5, 0.6) is 5.75 Å². The van der Waals surface area contributed by atoms with Crippen LogP contribution < -0.4 is 4.74 Å². The van der Waals surface area contributed by atoms with Gasteiger partial charge in [0, 0.05) is 33.1 Å². The number of carbonyl (C=O) groups excluding carboxylic acids is 1. The van der Waals surface area contributed by atoms with Crippen LogP contribution in [0.25, 0.3) is 0 Å². The number of benzene rings is 1. The maximum absolute atomic E-state index is 12.9. The molecule has 0 aromatic heterocycles. The smallest absolute Gasteiger partial charge is 0.243 e. The standard InChI is InChI=1S/C18H26N2O4S/c1-19-12-9-18(8-7-17(19)21)10-13-20(14-11-18)25(22,23)16-5-3-15(24-2)4-6-16/h3-6H,7-14H2,1-2H3. The molecule has 25 heavy (non-hydrogen) atoms. The van der Waals surface area contributed by atoms with E-state index in [0.717, 1.165) is 32.2 Å². The van der Waals surface area contributed by atoms with E-state index >= 15 is 0 Å². The number of ether oxygens (including phenoxy) is 1. The second-order valence-electron chi connectivity index (χ2n) is 7.14. The average Bonchev–Trinajstić information content (AvgIpc) is 2.77. The Hall–Kier alpha value is -1.60. The van der Waals surface area contributed by atoms with Crippen molar-refractivity contribution in [3.05, 3.63) is 24.3 Å². The van der Waals surface area contributed by atoms with Crippen molar-refractivity contribution in [3.63, 3.8) is 0 Å². The van der Waals surface area contributed by atoms with Crippen LogP contribution in [0.15, 0.2) is 29.2 Å². The predicted octanol–water partition coefficient (Wildman–Crippen LogP) is 2.11. The highest BCUT2D eigenvalue weighted by molar-refractivity contribution is 7.89. The monoisotopic (exact) mass is 366 g/mol. The summed E-state index contributed by atoms with van der Waals surface area (Å²) in [5, 5.41) is 0. The van der Waals surface area contributed by atoms with Gasteiger partial charge in [-0.15, -0.1) is 0 Å². The third-order valence-electron chi connectivity index (χ3n) is 5.75. The first-order chi connectivity index (χ1) is 11.9. The summed E-state index contributed by atoms with van der Waals surface area (Å²) in [6.45, 7) is 1.81. The molecule has 1 aromatic carbocycles. The van der Waals surface area contributed by atoms with Crippen LogP contribution in [-0.4, -0.2) is 57.3 Å². The molecule has 0 aliphatic carbocycles. The summed E-state index contributed by atoms with van der Waals surface area (Å²) in [7, 11) is -0.0627. The summed E-state index contributed by atoms with van der Waals surface area (Å²) >= 11 is 0. The van der Waals surface area contributed by atoms with Crippen LogP contribution >= 0.6 is 0 Å². The molecule has 0 radical (unpaired) electrons. The fourth-order valence-corrected chi connectivity index (χ4v) is 5.26. The number of methoxy groups -OCH3 is 1. The number of hydrogen-bond donors (Lipinski definition) is 0. The van der Waals surface area contributed by atoms with Crippen LogP contribution in [0.2, 0.25) is 0 Å². The van der Waals surface area contributed by atoms with E-state index in [4.69, 9.17) is 4.74 Å². The highest BCUT2D eigenvalue weighted by Gasteiger charge is 2.40. The number of amides is 1. The molecule has 2 fully saturated rings. The summed E-state index contributed by atoms with van der Waals surface area (Å²) in [6.07, 6.45) is 4.05. The fraction of sp³-hybridized carbons (Fsp3) is 0.611. The van der Waals surface area contributed by atoms with E-state index in [1.54, 1.807) is 40.6 Å². The van der Waals surface area contributed by atoms with Gasteiger partial charge in [0.25, 0.3) is 0 Å². The van der Waals surface area contributed by atoms with E-state index in [-0.39, 0.29) is 11.3 Å². The normalized spacial score (nSPS) is 22.0. The molecule has 3 rings (SSSR count). The van der Waals surface area contributed by atoms with Crippen molar-refractivity contribution in [2.24, 2.45) is 5.41 Å². The van der Waals surface area contributed by atoms with E-state index < -0.39 is 10.0 Å². The van der Waals surface area contributed by atoms with Gasteiger partial charge < -0.3 is 9.64 Å². The van der Waals surface area contributed by atoms with E-state index in [1.807, 2.05) is 7.05 Å². The lowest BCUT2D eigenvalue weighted by molar-refractivity contribution is -0.129. The van der Waals surface area contributed by atoms with Gasteiger partial charge in [0.2, 0.25) is 15.9 Å². The van der Waals surface area contributed by atoms with Crippen molar-refractivity contribution < 1.29 is 17.9 Å². The lowest BCUT2D eigenvalue weighted by Crippen LogP contribution is -2.43.